The highest BCUT2D eigenvalue weighted by atomic mass is 15.3. The summed E-state index contributed by atoms with van der Waals surface area (Å²) in [6.45, 7) is 7.06. The van der Waals surface area contributed by atoms with E-state index in [0.29, 0.717) is 12.1 Å². The Hall–Kier alpha value is -0.860. The van der Waals surface area contributed by atoms with Crippen LogP contribution in [0.5, 0.6) is 0 Å². The quantitative estimate of drug-likeness (QED) is 0.893. The minimum atomic E-state index is 0.650. The van der Waals surface area contributed by atoms with Crippen molar-refractivity contribution >= 4 is 0 Å². The molecule has 1 aromatic carbocycles. The molecule has 1 heterocycles. The maximum absolute atomic E-state index is 3.79. The van der Waals surface area contributed by atoms with Gasteiger partial charge >= 0.3 is 0 Å². The van der Waals surface area contributed by atoms with Gasteiger partial charge in [0.25, 0.3) is 0 Å². The van der Waals surface area contributed by atoms with E-state index >= 15 is 0 Å². The second kappa shape index (κ2) is 5.64. The molecule has 0 amide bonds. The van der Waals surface area contributed by atoms with E-state index in [1.165, 1.54) is 31.4 Å². The average Bonchev–Trinajstić information content (AvgIpc) is 3.24. The Balaban J connectivity index is 1.66. The number of benzene rings is 1. The first-order valence-corrected chi connectivity index (χ1v) is 7.77. The van der Waals surface area contributed by atoms with Crippen molar-refractivity contribution in [3.05, 3.63) is 35.9 Å². The Morgan fingerprint density at radius 3 is 2.58 bits per heavy atom. The molecule has 2 aliphatic rings. The van der Waals surface area contributed by atoms with Gasteiger partial charge in [-0.2, -0.15) is 0 Å². The van der Waals surface area contributed by atoms with Crippen molar-refractivity contribution in [1.29, 1.82) is 0 Å². The first-order valence-electron chi connectivity index (χ1n) is 7.77. The molecule has 0 spiro atoms. The molecule has 1 saturated heterocycles. The van der Waals surface area contributed by atoms with Crippen LogP contribution in [0.4, 0.5) is 0 Å². The van der Waals surface area contributed by atoms with Crippen LogP contribution in [0.15, 0.2) is 30.3 Å². The van der Waals surface area contributed by atoms with Crippen LogP contribution in [0.25, 0.3) is 0 Å². The molecule has 2 heteroatoms. The summed E-state index contributed by atoms with van der Waals surface area (Å²) in [5.41, 5.74) is 1.46. The number of rotatable bonds is 4. The van der Waals surface area contributed by atoms with Crippen LogP contribution in [0, 0.1) is 5.92 Å². The van der Waals surface area contributed by atoms with Crippen LogP contribution < -0.4 is 5.32 Å². The van der Waals surface area contributed by atoms with Crippen LogP contribution >= 0.6 is 0 Å². The van der Waals surface area contributed by atoms with Gasteiger partial charge in [-0.1, -0.05) is 30.3 Å². The van der Waals surface area contributed by atoms with E-state index in [1.807, 2.05) is 0 Å². The lowest BCUT2D eigenvalue weighted by atomic mass is 9.98. The van der Waals surface area contributed by atoms with Gasteiger partial charge in [0.1, 0.15) is 0 Å². The van der Waals surface area contributed by atoms with Crippen molar-refractivity contribution in [2.75, 3.05) is 13.1 Å². The predicted octanol–water partition coefficient (Wildman–Crippen LogP) is 2.69. The molecule has 0 bridgehead atoms. The zero-order valence-electron chi connectivity index (χ0n) is 12.2. The Labute approximate surface area is 117 Å². The summed E-state index contributed by atoms with van der Waals surface area (Å²) in [5.74, 6) is 0.957. The largest absolute Gasteiger partial charge is 0.311 e. The second-order valence-corrected chi connectivity index (χ2v) is 6.49. The molecule has 1 N–H and O–H groups in total. The highest BCUT2D eigenvalue weighted by molar-refractivity contribution is 5.16. The highest BCUT2D eigenvalue weighted by Crippen LogP contribution is 2.34. The van der Waals surface area contributed by atoms with Gasteiger partial charge in [0, 0.05) is 31.2 Å². The van der Waals surface area contributed by atoms with E-state index in [-0.39, 0.29) is 0 Å². The molecule has 2 atom stereocenters. The van der Waals surface area contributed by atoms with Gasteiger partial charge in [0.05, 0.1) is 0 Å². The summed E-state index contributed by atoms with van der Waals surface area (Å²) in [6, 6.07) is 13.0. The lowest BCUT2D eigenvalue weighted by Gasteiger charge is -2.43. The summed E-state index contributed by atoms with van der Waals surface area (Å²) in [6.07, 6.45) is 4.04. The van der Waals surface area contributed by atoms with Crippen LogP contribution in [-0.2, 0) is 6.42 Å². The third-order valence-corrected chi connectivity index (χ3v) is 4.66. The fourth-order valence-electron chi connectivity index (χ4n) is 3.37. The molecule has 0 radical (unpaired) electrons. The Morgan fingerprint density at radius 2 is 1.95 bits per heavy atom. The van der Waals surface area contributed by atoms with E-state index in [2.05, 4.69) is 54.4 Å². The Kier molecular flexibility index (Phi) is 3.90. The van der Waals surface area contributed by atoms with Crippen molar-refractivity contribution in [2.45, 2.75) is 51.2 Å². The van der Waals surface area contributed by atoms with Gasteiger partial charge < -0.3 is 5.32 Å². The molecule has 2 nitrogen and oxygen atoms in total. The van der Waals surface area contributed by atoms with E-state index in [4.69, 9.17) is 0 Å². The zero-order valence-corrected chi connectivity index (χ0v) is 12.2. The van der Waals surface area contributed by atoms with Gasteiger partial charge in [-0.05, 0) is 44.6 Å². The molecule has 19 heavy (non-hydrogen) atoms. The normalized spacial score (nSPS) is 28.8. The zero-order chi connectivity index (χ0) is 13.2. The lowest BCUT2D eigenvalue weighted by Crippen LogP contribution is -2.59. The first kappa shape index (κ1) is 13.1. The predicted molar refractivity (Wildman–Crippen MR) is 80.3 cm³/mol. The smallest absolute Gasteiger partial charge is 0.0264 e. The van der Waals surface area contributed by atoms with Crippen molar-refractivity contribution in [3.63, 3.8) is 0 Å². The number of nitrogens with one attached hydrogen (secondary N) is 1. The van der Waals surface area contributed by atoms with Crippen molar-refractivity contribution in [2.24, 2.45) is 5.92 Å². The van der Waals surface area contributed by atoms with Crippen LogP contribution in [0.2, 0.25) is 0 Å². The fourth-order valence-corrected chi connectivity index (χ4v) is 3.37. The third kappa shape index (κ3) is 3.18. The lowest BCUT2D eigenvalue weighted by molar-refractivity contribution is 0.0903. The molecule has 1 saturated carbocycles. The van der Waals surface area contributed by atoms with Crippen LogP contribution in [0.3, 0.4) is 0 Å². The van der Waals surface area contributed by atoms with Gasteiger partial charge in [0.2, 0.25) is 0 Å². The van der Waals surface area contributed by atoms with Crippen molar-refractivity contribution < 1.29 is 0 Å². The number of hydrogen-bond donors (Lipinski definition) is 1. The highest BCUT2D eigenvalue weighted by Gasteiger charge is 2.37. The number of nitrogens with zero attached hydrogens (tertiary/aromatic N) is 1. The van der Waals surface area contributed by atoms with Crippen molar-refractivity contribution in [1.82, 2.24) is 10.2 Å². The summed E-state index contributed by atoms with van der Waals surface area (Å²) >= 11 is 0. The van der Waals surface area contributed by atoms with E-state index in [1.54, 1.807) is 0 Å². The molecule has 1 aliphatic carbocycles. The van der Waals surface area contributed by atoms with Gasteiger partial charge in [0.15, 0.2) is 0 Å². The summed E-state index contributed by atoms with van der Waals surface area (Å²) < 4.78 is 0. The summed E-state index contributed by atoms with van der Waals surface area (Å²) in [7, 11) is 0. The molecule has 2 unspecified atom stereocenters. The molecule has 1 aliphatic heterocycles. The van der Waals surface area contributed by atoms with Gasteiger partial charge in [-0.25, -0.2) is 0 Å². The second-order valence-electron chi connectivity index (χ2n) is 6.49. The maximum atomic E-state index is 3.79. The molecule has 0 aromatic heterocycles. The SMILES string of the molecule is CC(C)N1CC(C2CC2)NCC1Cc1ccccc1. The maximum Gasteiger partial charge on any atom is 0.0264 e. The van der Waals surface area contributed by atoms with Crippen LogP contribution in [0.1, 0.15) is 32.3 Å². The van der Waals surface area contributed by atoms with E-state index in [0.717, 1.165) is 18.5 Å². The third-order valence-electron chi connectivity index (χ3n) is 4.66. The van der Waals surface area contributed by atoms with Crippen LogP contribution in [-0.4, -0.2) is 36.1 Å². The minimum absolute atomic E-state index is 0.650. The fraction of sp³-hybridized carbons (Fsp3) is 0.647. The van der Waals surface area contributed by atoms with E-state index < -0.39 is 0 Å². The molecule has 3 rings (SSSR count). The molecular formula is C17H26N2. The average molecular weight is 258 g/mol. The number of hydrogen-bond acceptors (Lipinski definition) is 2. The molecule has 104 valence electrons. The minimum Gasteiger partial charge on any atom is -0.311 e. The van der Waals surface area contributed by atoms with Gasteiger partial charge in [-0.3, -0.25) is 4.90 Å². The molecular weight excluding hydrogens is 232 g/mol. The molecule has 1 aromatic rings. The first-order chi connectivity index (χ1) is 9.24. The van der Waals surface area contributed by atoms with E-state index in [9.17, 15) is 0 Å². The number of piperazine rings is 1. The van der Waals surface area contributed by atoms with Crippen molar-refractivity contribution in [3.8, 4) is 0 Å². The monoisotopic (exact) mass is 258 g/mol. The Morgan fingerprint density at radius 1 is 1.21 bits per heavy atom. The Bertz CT molecular complexity index is 397. The summed E-state index contributed by atoms with van der Waals surface area (Å²) in [4.78, 5) is 2.71. The van der Waals surface area contributed by atoms with Gasteiger partial charge in [-0.15, -0.1) is 0 Å². The summed E-state index contributed by atoms with van der Waals surface area (Å²) in [5, 5.41) is 3.79. The standard InChI is InChI=1S/C17H26N2/c1-13(2)19-12-17(15-8-9-15)18-11-16(19)10-14-6-4-3-5-7-14/h3-7,13,15-18H,8-12H2,1-2H3. The molecule has 2 fully saturated rings. The topological polar surface area (TPSA) is 15.3 Å².